The number of carboxylic acid groups (broad SMARTS) is 1. The van der Waals surface area contributed by atoms with Crippen LogP contribution < -0.4 is 27.5 Å². The van der Waals surface area contributed by atoms with Crippen LogP contribution in [0.4, 0.5) is 22.2 Å². The van der Waals surface area contributed by atoms with E-state index in [1.54, 1.807) is 0 Å². The topological polar surface area (TPSA) is 178 Å². The summed E-state index contributed by atoms with van der Waals surface area (Å²) in [6.07, 6.45) is 1.09. The highest BCUT2D eigenvalue weighted by Crippen LogP contribution is 2.41. The molecule has 0 unspecified atom stereocenters. The van der Waals surface area contributed by atoms with Crippen LogP contribution in [0.5, 0.6) is 0 Å². The molecule has 0 aliphatic heterocycles. The van der Waals surface area contributed by atoms with Crippen molar-refractivity contribution < 1.29 is 14.7 Å². The maximum Gasteiger partial charge on any atom is 0.404 e. The lowest BCUT2D eigenvalue weighted by Gasteiger charge is -2.14. The number of hydrogen-bond donors (Lipinski definition) is 5. The molecule has 1 fully saturated rings. The molecule has 0 bridgehead atoms. The third kappa shape index (κ3) is 3.72. The van der Waals surface area contributed by atoms with Crippen molar-refractivity contribution in [3.05, 3.63) is 51.8 Å². The summed E-state index contributed by atoms with van der Waals surface area (Å²) in [5.74, 6) is -0.505. The molecular weight excluding hydrogens is 402 g/mol. The molecule has 0 spiro atoms. The van der Waals surface area contributed by atoms with Crippen LogP contribution >= 0.6 is 0 Å². The van der Waals surface area contributed by atoms with Gasteiger partial charge in [-0.2, -0.15) is 4.98 Å². The van der Waals surface area contributed by atoms with Crippen molar-refractivity contribution in [1.82, 2.24) is 19.9 Å². The van der Waals surface area contributed by atoms with Crippen molar-refractivity contribution in [2.45, 2.75) is 31.8 Å². The Bertz CT molecular complexity index is 1250. The molecule has 0 saturated heterocycles. The Morgan fingerprint density at radius 1 is 1.29 bits per heavy atom. The van der Waals surface area contributed by atoms with Gasteiger partial charge in [0.1, 0.15) is 11.4 Å². The van der Waals surface area contributed by atoms with Crippen LogP contribution in [0.25, 0.3) is 11.0 Å². The second-order valence-electron chi connectivity index (χ2n) is 7.27. The number of aryl methyl sites for hydroxylation is 1. The molecule has 1 aromatic carbocycles. The molecule has 11 nitrogen and oxygen atoms in total. The Balaban J connectivity index is 1.61. The minimum atomic E-state index is -1.02. The Morgan fingerprint density at radius 3 is 2.61 bits per heavy atom. The van der Waals surface area contributed by atoms with Gasteiger partial charge in [0.25, 0.3) is 5.91 Å². The highest BCUT2D eigenvalue weighted by Gasteiger charge is 2.39. The average molecular weight is 423 g/mol. The number of carbonyl (C=O) groups is 2. The first kappa shape index (κ1) is 20.1. The standard InChI is InChI=1S/C20H21N7O4/c1-2-27-16(21)14(17(22)29)15(28)12-8-23-19(26-18(12)27)24-10-5-3-9(4-6-10)11-7-13(11)25-20(30)31/h3-6,8,11,13,25H,2,7,21H2,1H3,(H2,22,29)(H,30,31)(H,23,24,26)/t11-,13+/m0/s1. The molecule has 2 atom stereocenters. The van der Waals surface area contributed by atoms with E-state index in [-0.39, 0.29) is 34.7 Å². The summed E-state index contributed by atoms with van der Waals surface area (Å²) in [6, 6.07) is 7.46. The molecule has 1 aliphatic carbocycles. The van der Waals surface area contributed by atoms with Crippen LogP contribution in [0.3, 0.4) is 0 Å². The van der Waals surface area contributed by atoms with E-state index in [0.29, 0.717) is 12.2 Å². The van der Waals surface area contributed by atoms with Gasteiger partial charge in [0.15, 0.2) is 5.65 Å². The number of amides is 2. The molecule has 3 aromatic rings. The third-order valence-electron chi connectivity index (χ3n) is 5.30. The first-order chi connectivity index (χ1) is 14.8. The van der Waals surface area contributed by atoms with E-state index in [4.69, 9.17) is 16.6 Å². The maximum atomic E-state index is 12.6. The lowest BCUT2D eigenvalue weighted by molar-refractivity contribution is 0.0999. The predicted molar refractivity (Wildman–Crippen MR) is 114 cm³/mol. The molecule has 2 heterocycles. The first-order valence-corrected chi connectivity index (χ1v) is 9.65. The third-order valence-corrected chi connectivity index (χ3v) is 5.30. The van der Waals surface area contributed by atoms with Gasteiger partial charge in [-0.3, -0.25) is 9.59 Å². The van der Waals surface area contributed by atoms with Crippen molar-refractivity contribution in [1.29, 1.82) is 0 Å². The molecule has 2 amide bonds. The van der Waals surface area contributed by atoms with Gasteiger partial charge in [-0.1, -0.05) is 12.1 Å². The quantitative estimate of drug-likeness (QED) is 0.394. The van der Waals surface area contributed by atoms with Gasteiger partial charge >= 0.3 is 6.09 Å². The zero-order valence-corrected chi connectivity index (χ0v) is 16.6. The van der Waals surface area contributed by atoms with Crippen LogP contribution in [-0.4, -0.2) is 37.7 Å². The fraction of sp³-hybridized carbons (Fsp3) is 0.250. The average Bonchev–Trinajstić information content (AvgIpc) is 3.47. The van der Waals surface area contributed by atoms with Gasteiger partial charge < -0.3 is 31.8 Å². The number of benzene rings is 1. The second-order valence-corrected chi connectivity index (χ2v) is 7.27. The Kier molecular flexibility index (Phi) is 4.93. The Labute approximate surface area is 176 Å². The van der Waals surface area contributed by atoms with Gasteiger partial charge in [0, 0.05) is 30.4 Å². The molecule has 4 rings (SSSR count). The predicted octanol–water partition coefficient (Wildman–Crippen LogP) is 1.36. The smallest absolute Gasteiger partial charge is 0.404 e. The first-order valence-electron chi connectivity index (χ1n) is 9.65. The van der Waals surface area contributed by atoms with E-state index >= 15 is 0 Å². The number of rotatable bonds is 6. The molecule has 31 heavy (non-hydrogen) atoms. The van der Waals surface area contributed by atoms with E-state index in [2.05, 4.69) is 20.6 Å². The molecule has 1 saturated carbocycles. The number of nitrogens with one attached hydrogen (secondary N) is 2. The Hall–Kier alpha value is -4.15. The van der Waals surface area contributed by atoms with Gasteiger partial charge in [-0.15, -0.1) is 0 Å². The minimum absolute atomic E-state index is 0.0320. The summed E-state index contributed by atoms with van der Waals surface area (Å²) in [4.78, 5) is 43.6. The lowest BCUT2D eigenvalue weighted by atomic mass is 10.1. The van der Waals surface area contributed by atoms with Crippen molar-refractivity contribution in [2.24, 2.45) is 5.73 Å². The summed E-state index contributed by atoms with van der Waals surface area (Å²) in [5, 5.41) is 14.5. The van der Waals surface area contributed by atoms with E-state index in [1.807, 2.05) is 31.2 Å². The van der Waals surface area contributed by atoms with Crippen LogP contribution in [0.15, 0.2) is 35.3 Å². The van der Waals surface area contributed by atoms with E-state index in [9.17, 15) is 14.4 Å². The SMILES string of the molecule is CCn1c(N)c(C(N)=O)c(=O)c2cnc(Nc3ccc([C@@H]4C[C@H]4NC(=O)O)cc3)nc21. The number of nitrogen functional groups attached to an aromatic ring is 1. The molecule has 7 N–H and O–H groups in total. The molecular formula is C20H21N7O4. The van der Waals surface area contributed by atoms with Gasteiger partial charge in [-0.05, 0) is 31.0 Å². The number of nitrogens with zero attached hydrogens (tertiary/aromatic N) is 3. The van der Waals surface area contributed by atoms with Gasteiger partial charge in [0.2, 0.25) is 11.4 Å². The van der Waals surface area contributed by atoms with E-state index in [1.165, 1.54) is 10.8 Å². The van der Waals surface area contributed by atoms with Crippen molar-refractivity contribution >= 4 is 40.5 Å². The number of anilines is 3. The Morgan fingerprint density at radius 2 is 2.00 bits per heavy atom. The maximum absolute atomic E-state index is 12.6. The highest BCUT2D eigenvalue weighted by atomic mass is 16.4. The fourth-order valence-electron chi connectivity index (χ4n) is 3.68. The summed E-state index contributed by atoms with van der Waals surface area (Å²) >= 11 is 0. The van der Waals surface area contributed by atoms with Crippen molar-refractivity contribution in [3.8, 4) is 0 Å². The summed E-state index contributed by atoms with van der Waals surface area (Å²) in [5.41, 5.74) is 12.5. The lowest BCUT2D eigenvalue weighted by Crippen LogP contribution is -2.28. The summed E-state index contributed by atoms with van der Waals surface area (Å²) in [6.45, 7) is 2.18. The number of primary amides is 1. The molecule has 11 heteroatoms. The molecule has 1 aliphatic rings. The van der Waals surface area contributed by atoms with E-state index in [0.717, 1.165) is 17.7 Å². The number of aromatic nitrogens is 3. The number of pyridine rings is 1. The molecule has 2 aromatic heterocycles. The van der Waals surface area contributed by atoms with Crippen LogP contribution in [0.2, 0.25) is 0 Å². The number of fused-ring (bicyclic) bond motifs is 1. The largest absolute Gasteiger partial charge is 0.465 e. The number of hydrogen-bond acceptors (Lipinski definition) is 7. The van der Waals surface area contributed by atoms with E-state index < -0.39 is 17.4 Å². The van der Waals surface area contributed by atoms with Gasteiger partial charge in [-0.25, -0.2) is 9.78 Å². The zero-order chi connectivity index (χ0) is 22.3. The van der Waals surface area contributed by atoms with Crippen LogP contribution in [0, 0.1) is 0 Å². The monoisotopic (exact) mass is 423 g/mol. The van der Waals surface area contributed by atoms with Gasteiger partial charge in [0.05, 0.1) is 5.39 Å². The molecule has 160 valence electrons. The van der Waals surface area contributed by atoms with Crippen molar-refractivity contribution in [2.75, 3.05) is 11.1 Å². The molecule has 0 radical (unpaired) electrons. The summed E-state index contributed by atoms with van der Waals surface area (Å²) in [7, 11) is 0. The van der Waals surface area contributed by atoms with Crippen molar-refractivity contribution in [3.63, 3.8) is 0 Å². The fourth-order valence-corrected chi connectivity index (χ4v) is 3.68. The van der Waals surface area contributed by atoms with Crippen LogP contribution in [-0.2, 0) is 6.54 Å². The summed E-state index contributed by atoms with van der Waals surface area (Å²) < 4.78 is 1.54. The normalized spacial score (nSPS) is 17.3. The minimum Gasteiger partial charge on any atom is -0.465 e. The zero-order valence-electron chi connectivity index (χ0n) is 16.6. The second kappa shape index (κ2) is 7.59. The number of carbonyl (C=O) groups excluding carboxylic acids is 1. The highest BCUT2D eigenvalue weighted by molar-refractivity contribution is 6.00. The number of nitrogens with two attached hydrogens (primary N) is 2. The van der Waals surface area contributed by atoms with Crippen LogP contribution in [0.1, 0.15) is 35.2 Å².